The van der Waals surface area contributed by atoms with Crippen molar-refractivity contribution in [2.75, 3.05) is 19.4 Å². The largest absolute Gasteiger partial charge is 0.497 e. The molecule has 4 aromatic rings. The van der Waals surface area contributed by atoms with E-state index in [1.54, 1.807) is 13.2 Å². The van der Waals surface area contributed by atoms with Crippen LogP contribution in [0.4, 0.5) is 5.69 Å². The summed E-state index contributed by atoms with van der Waals surface area (Å²) in [5, 5.41) is 0.637. The van der Waals surface area contributed by atoms with Crippen LogP contribution in [0.15, 0.2) is 103 Å². The SMILES string of the molecule is COc1ccc(C2C=C(c3cc(Cl)ccc3N)CCN2C(=O)c2ccc(-c3ccccc3)cc2)cc1. The van der Waals surface area contributed by atoms with Crippen molar-refractivity contribution in [3.05, 3.63) is 125 Å². The number of hydrogen-bond acceptors (Lipinski definition) is 3. The highest BCUT2D eigenvalue weighted by Gasteiger charge is 2.29. The molecule has 0 saturated carbocycles. The monoisotopic (exact) mass is 494 g/mol. The highest BCUT2D eigenvalue weighted by atomic mass is 35.5. The number of benzene rings is 4. The first-order valence-electron chi connectivity index (χ1n) is 11.9. The number of carbonyl (C=O) groups excluding carboxylic acids is 1. The van der Waals surface area contributed by atoms with E-state index >= 15 is 0 Å². The van der Waals surface area contributed by atoms with Crippen LogP contribution in [0.3, 0.4) is 0 Å². The average Bonchev–Trinajstić information content (AvgIpc) is 2.94. The summed E-state index contributed by atoms with van der Waals surface area (Å²) in [4.78, 5) is 15.7. The Balaban J connectivity index is 1.50. The summed E-state index contributed by atoms with van der Waals surface area (Å²) >= 11 is 6.28. The third-order valence-electron chi connectivity index (χ3n) is 6.64. The highest BCUT2D eigenvalue weighted by molar-refractivity contribution is 6.30. The molecule has 1 heterocycles. The van der Waals surface area contributed by atoms with E-state index in [4.69, 9.17) is 22.1 Å². The molecule has 1 aliphatic rings. The topological polar surface area (TPSA) is 55.6 Å². The van der Waals surface area contributed by atoms with Gasteiger partial charge >= 0.3 is 0 Å². The maximum absolute atomic E-state index is 13.7. The van der Waals surface area contributed by atoms with Gasteiger partial charge in [0.05, 0.1) is 13.2 Å². The van der Waals surface area contributed by atoms with E-state index in [9.17, 15) is 4.79 Å². The smallest absolute Gasteiger partial charge is 0.254 e. The maximum Gasteiger partial charge on any atom is 0.254 e. The number of methoxy groups -OCH3 is 1. The van der Waals surface area contributed by atoms with E-state index in [2.05, 4.69) is 18.2 Å². The van der Waals surface area contributed by atoms with Gasteiger partial charge in [-0.25, -0.2) is 0 Å². The van der Waals surface area contributed by atoms with Gasteiger partial charge in [0.2, 0.25) is 0 Å². The maximum atomic E-state index is 13.7. The molecule has 1 aliphatic heterocycles. The number of nitrogens with two attached hydrogens (primary N) is 1. The predicted molar refractivity (Wildman–Crippen MR) is 147 cm³/mol. The molecule has 4 aromatic carbocycles. The third-order valence-corrected chi connectivity index (χ3v) is 6.87. The Labute approximate surface area is 216 Å². The number of carbonyl (C=O) groups is 1. The lowest BCUT2D eigenvalue weighted by molar-refractivity contribution is 0.0708. The van der Waals surface area contributed by atoms with Crippen LogP contribution >= 0.6 is 11.6 Å². The van der Waals surface area contributed by atoms with E-state index in [1.807, 2.05) is 83.8 Å². The zero-order valence-electron chi connectivity index (χ0n) is 20.0. The fourth-order valence-corrected chi connectivity index (χ4v) is 4.85. The molecule has 0 bridgehead atoms. The number of hydrogen-bond donors (Lipinski definition) is 1. The molecule has 0 saturated heterocycles. The standard InChI is InChI=1S/C31H27ClN2O2/c1-36-27-14-11-23(12-15-27)30-19-25(28-20-26(32)13-16-29(28)33)17-18-34(30)31(35)24-9-7-22(8-10-24)21-5-3-2-4-6-21/h2-16,19-20,30H,17-18,33H2,1H3. The summed E-state index contributed by atoms with van der Waals surface area (Å²) in [6, 6.07) is 31.1. The molecule has 5 heteroatoms. The Bertz CT molecular complexity index is 1400. The second-order valence-corrected chi connectivity index (χ2v) is 9.27. The van der Waals surface area contributed by atoms with Crippen LogP contribution in [0.5, 0.6) is 5.75 Å². The fraction of sp³-hybridized carbons (Fsp3) is 0.129. The van der Waals surface area contributed by atoms with Crippen molar-refractivity contribution in [2.45, 2.75) is 12.5 Å². The van der Waals surface area contributed by atoms with Gasteiger partial charge in [0.1, 0.15) is 5.75 Å². The summed E-state index contributed by atoms with van der Waals surface area (Å²) in [5.74, 6) is 0.761. The van der Waals surface area contributed by atoms with Crippen LogP contribution in [0.1, 0.15) is 33.9 Å². The molecular formula is C31H27ClN2O2. The van der Waals surface area contributed by atoms with Gasteiger partial charge in [-0.15, -0.1) is 0 Å². The lowest BCUT2D eigenvalue weighted by atomic mass is 9.91. The Morgan fingerprint density at radius 1 is 0.917 bits per heavy atom. The van der Waals surface area contributed by atoms with Gasteiger partial charge < -0.3 is 15.4 Å². The zero-order chi connectivity index (χ0) is 25.1. The Morgan fingerprint density at radius 2 is 1.61 bits per heavy atom. The van der Waals surface area contributed by atoms with Gasteiger partial charge in [-0.1, -0.05) is 72.3 Å². The number of nitrogens with zero attached hydrogens (tertiary/aromatic N) is 1. The van der Waals surface area contributed by atoms with Gasteiger partial charge in [0, 0.05) is 28.4 Å². The Morgan fingerprint density at radius 3 is 2.31 bits per heavy atom. The molecule has 0 fully saturated rings. The first-order valence-corrected chi connectivity index (χ1v) is 12.3. The minimum absolute atomic E-state index is 0.00945. The molecule has 1 amide bonds. The van der Waals surface area contributed by atoms with Crippen molar-refractivity contribution < 1.29 is 9.53 Å². The summed E-state index contributed by atoms with van der Waals surface area (Å²) < 4.78 is 5.34. The Kier molecular flexibility index (Phi) is 6.79. The molecule has 0 radical (unpaired) electrons. The van der Waals surface area contributed by atoms with E-state index in [-0.39, 0.29) is 11.9 Å². The molecule has 180 valence electrons. The first-order chi connectivity index (χ1) is 17.5. The second kappa shape index (κ2) is 10.3. The van der Waals surface area contributed by atoms with Crippen LogP contribution in [-0.2, 0) is 0 Å². The second-order valence-electron chi connectivity index (χ2n) is 8.83. The van der Waals surface area contributed by atoms with Gasteiger partial charge in [0.25, 0.3) is 5.91 Å². The van der Waals surface area contributed by atoms with Crippen molar-refractivity contribution in [1.29, 1.82) is 0 Å². The van der Waals surface area contributed by atoms with Gasteiger partial charge in [-0.2, -0.15) is 0 Å². The number of anilines is 1. The van der Waals surface area contributed by atoms with E-state index in [0.717, 1.165) is 33.6 Å². The molecule has 4 nitrogen and oxygen atoms in total. The van der Waals surface area contributed by atoms with Crippen molar-refractivity contribution in [1.82, 2.24) is 4.90 Å². The third kappa shape index (κ3) is 4.86. The summed E-state index contributed by atoms with van der Waals surface area (Å²) in [6.07, 6.45) is 2.81. The Hall–Kier alpha value is -4.02. The first kappa shape index (κ1) is 23.7. The molecular weight excluding hydrogens is 468 g/mol. The van der Waals surface area contributed by atoms with Crippen LogP contribution in [0.25, 0.3) is 16.7 Å². The number of nitrogen functional groups attached to an aromatic ring is 1. The van der Waals surface area contributed by atoms with Crippen LogP contribution in [-0.4, -0.2) is 24.5 Å². The molecule has 0 aromatic heterocycles. The van der Waals surface area contributed by atoms with Gasteiger partial charge in [0.15, 0.2) is 0 Å². The predicted octanol–water partition coefficient (Wildman–Crippen LogP) is 7.27. The van der Waals surface area contributed by atoms with Crippen molar-refractivity contribution in [2.24, 2.45) is 0 Å². The lowest BCUT2D eigenvalue weighted by Crippen LogP contribution is -2.37. The molecule has 2 N–H and O–H groups in total. The van der Waals surface area contributed by atoms with E-state index < -0.39 is 0 Å². The number of amides is 1. The minimum atomic E-state index is -0.251. The lowest BCUT2D eigenvalue weighted by Gasteiger charge is -2.35. The van der Waals surface area contributed by atoms with Crippen LogP contribution in [0, 0.1) is 0 Å². The summed E-state index contributed by atoms with van der Waals surface area (Å²) in [6.45, 7) is 0.563. The van der Waals surface area contributed by atoms with Crippen molar-refractivity contribution in [3.8, 4) is 16.9 Å². The highest BCUT2D eigenvalue weighted by Crippen LogP contribution is 2.37. The van der Waals surface area contributed by atoms with Crippen molar-refractivity contribution in [3.63, 3.8) is 0 Å². The minimum Gasteiger partial charge on any atom is -0.497 e. The quantitative estimate of drug-likeness (QED) is 0.297. The van der Waals surface area contributed by atoms with Crippen molar-refractivity contribution >= 4 is 28.8 Å². The number of rotatable bonds is 5. The zero-order valence-corrected chi connectivity index (χ0v) is 20.8. The van der Waals surface area contributed by atoms with Crippen LogP contribution in [0.2, 0.25) is 5.02 Å². The van der Waals surface area contributed by atoms with Crippen LogP contribution < -0.4 is 10.5 Å². The molecule has 1 unspecified atom stereocenters. The molecule has 0 spiro atoms. The van der Waals surface area contributed by atoms with Gasteiger partial charge in [-0.05, 0) is 71.1 Å². The number of halogens is 1. The normalized spacial score (nSPS) is 15.3. The number of ether oxygens (including phenoxy) is 1. The molecule has 0 aliphatic carbocycles. The molecule has 5 rings (SSSR count). The van der Waals surface area contributed by atoms with E-state index in [1.165, 1.54) is 0 Å². The molecule has 36 heavy (non-hydrogen) atoms. The fourth-order valence-electron chi connectivity index (χ4n) is 4.68. The van der Waals surface area contributed by atoms with E-state index in [0.29, 0.717) is 29.2 Å². The van der Waals surface area contributed by atoms with Gasteiger partial charge in [-0.3, -0.25) is 4.79 Å². The summed E-state index contributed by atoms with van der Waals surface area (Å²) in [7, 11) is 1.64. The average molecular weight is 495 g/mol. The molecule has 1 atom stereocenters. The summed E-state index contributed by atoms with van der Waals surface area (Å²) in [5.41, 5.74) is 12.8.